The first-order valence-electron chi connectivity index (χ1n) is 8.03. The van der Waals surface area contributed by atoms with E-state index in [0.29, 0.717) is 23.9 Å². The van der Waals surface area contributed by atoms with Crippen molar-refractivity contribution in [3.8, 4) is 0 Å². The summed E-state index contributed by atoms with van der Waals surface area (Å²) in [4.78, 5) is 10.9. The number of nitrogens with one attached hydrogen (secondary N) is 2. The Bertz CT molecular complexity index is 450. The molecule has 0 bridgehead atoms. The molecule has 1 aliphatic heterocycles. The summed E-state index contributed by atoms with van der Waals surface area (Å²) >= 11 is 0. The zero-order valence-corrected chi connectivity index (χ0v) is 13.6. The molecule has 2 rings (SSSR count). The summed E-state index contributed by atoms with van der Waals surface area (Å²) in [6, 6.07) is 0.142. The third-order valence-electron chi connectivity index (χ3n) is 3.85. The van der Waals surface area contributed by atoms with Crippen LogP contribution < -0.4 is 16.4 Å². The number of ether oxygens (including phenoxy) is 1. The molecule has 7 nitrogen and oxygen atoms in total. The molecule has 1 aliphatic rings. The molecule has 0 aromatic carbocycles. The lowest BCUT2D eigenvalue weighted by molar-refractivity contribution is 0.190. The van der Waals surface area contributed by atoms with E-state index in [1.165, 1.54) is 38.7 Å². The van der Waals surface area contributed by atoms with Crippen LogP contribution in [0.2, 0.25) is 0 Å². The number of nitrogen functional groups attached to an aromatic ring is 1. The molecule has 4 N–H and O–H groups in total. The van der Waals surface area contributed by atoms with E-state index in [9.17, 15) is 0 Å². The summed E-state index contributed by atoms with van der Waals surface area (Å²) in [6.07, 6.45) is 5.50. The van der Waals surface area contributed by atoms with E-state index < -0.39 is 0 Å². The van der Waals surface area contributed by atoms with Crippen molar-refractivity contribution in [1.29, 1.82) is 0 Å². The Kier molecular flexibility index (Phi) is 6.67. The number of aromatic nitrogens is 2. The van der Waals surface area contributed by atoms with Crippen molar-refractivity contribution < 1.29 is 4.74 Å². The Morgan fingerprint density at radius 2 is 2.00 bits per heavy atom. The Morgan fingerprint density at radius 3 is 2.73 bits per heavy atom. The van der Waals surface area contributed by atoms with Gasteiger partial charge < -0.3 is 26.0 Å². The van der Waals surface area contributed by atoms with E-state index in [-0.39, 0.29) is 6.04 Å². The monoisotopic (exact) mass is 308 g/mol. The van der Waals surface area contributed by atoms with E-state index in [0.717, 1.165) is 13.1 Å². The first kappa shape index (κ1) is 16.8. The minimum absolute atomic E-state index is 0.142. The van der Waals surface area contributed by atoms with Crippen LogP contribution in [-0.2, 0) is 4.74 Å². The summed E-state index contributed by atoms with van der Waals surface area (Å²) in [5, 5.41) is 6.56. The maximum Gasteiger partial charge on any atom is 0.155 e. The zero-order chi connectivity index (χ0) is 15.8. The van der Waals surface area contributed by atoms with Crippen LogP contribution in [0.1, 0.15) is 26.2 Å². The van der Waals surface area contributed by atoms with Gasteiger partial charge in [-0.25, -0.2) is 9.97 Å². The van der Waals surface area contributed by atoms with Crippen LogP contribution in [0, 0.1) is 0 Å². The number of nitrogens with zero attached hydrogens (tertiary/aromatic N) is 3. The molecule has 1 unspecified atom stereocenters. The third kappa shape index (κ3) is 4.99. The molecule has 7 heteroatoms. The van der Waals surface area contributed by atoms with Crippen molar-refractivity contribution >= 4 is 17.3 Å². The highest BCUT2D eigenvalue weighted by Crippen LogP contribution is 2.22. The molecule has 1 fully saturated rings. The van der Waals surface area contributed by atoms with E-state index in [1.807, 2.05) is 6.92 Å². The van der Waals surface area contributed by atoms with E-state index >= 15 is 0 Å². The number of hydrogen-bond donors (Lipinski definition) is 3. The van der Waals surface area contributed by atoms with E-state index in [2.05, 4.69) is 25.5 Å². The van der Waals surface area contributed by atoms with Crippen molar-refractivity contribution in [1.82, 2.24) is 14.9 Å². The standard InChI is InChI=1S/C15H28N6O/c1-12(10-22-2)20-15-13(16)14(18-11-19-15)17-6-9-21-7-4-3-5-8-21/h11-12H,3-10,16H2,1-2H3,(H2,17,18,19,20). The third-order valence-corrected chi connectivity index (χ3v) is 3.85. The maximum atomic E-state index is 6.14. The molecule has 0 radical (unpaired) electrons. The molecular formula is C15H28N6O. The molecule has 1 aromatic heterocycles. The first-order chi connectivity index (χ1) is 10.7. The van der Waals surface area contributed by atoms with Gasteiger partial charge in [-0.1, -0.05) is 6.42 Å². The minimum atomic E-state index is 0.142. The van der Waals surface area contributed by atoms with Gasteiger partial charge in [0.25, 0.3) is 0 Å². The number of anilines is 3. The fraction of sp³-hybridized carbons (Fsp3) is 0.733. The molecule has 0 saturated carbocycles. The minimum Gasteiger partial charge on any atom is -0.393 e. The van der Waals surface area contributed by atoms with Gasteiger partial charge in [0.2, 0.25) is 0 Å². The number of hydrogen-bond acceptors (Lipinski definition) is 7. The van der Waals surface area contributed by atoms with Gasteiger partial charge in [-0.3, -0.25) is 0 Å². The number of likely N-dealkylation sites (tertiary alicyclic amines) is 1. The van der Waals surface area contributed by atoms with Crippen molar-refractivity contribution in [2.45, 2.75) is 32.2 Å². The van der Waals surface area contributed by atoms with Crippen LogP contribution in [0.4, 0.5) is 17.3 Å². The normalized spacial score (nSPS) is 17.2. The smallest absolute Gasteiger partial charge is 0.155 e. The van der Waals surface area contributed by atoms with Gasteiger partial charge >= 0.3 is 0 Å². The molecular weight excluding hydrogens is 280 g/mol. The largest absolute Gasteiger partial charge is 0.393 e. The van der Waals surface area contributed by atoms with Crippen molar-refractivity contribution in [3.05, 3.63) is 6.33 Å². The summed E-state index contributed by atoms with van der Waals surface area (Å²) < 4.78 is 5.11. The van der Waals surface area contributed by atoms with Crippen molar-refractivity contribution in [2.75, 3.05) is 56.3 Å². The van der Waals surface area contributed by atoms with Crippen LogP contribution in [0.3, 0.4) is 0 Å². The van der Waals surface area contributed by atoms with Gasteiger partial charge in [0.15, 0.2) is 11.6 Å². The highest BCUT2D eigenvalue weighted by Gasteiger charge is 2.12. The Balaban J connectivity index is 1.85. The number of piperidine rings is 1. The first-order valence-corrected chi connectivity index (χ1v) is 8.03. The summed E-state index contributed by atoms with van der Waals surface area (Å²) in [6.45, 7) is 6.88. The Labute approximate surface area is 132 Å². The van der Waals surface area contributed by atoms with Gasteiger partial charge in [-0.2, -0.15) is 0 Å². The summed E-state index contributed by atoms with van der Waals surface area (Å²) in [5.41, 5.74) is 6.70. The van der Waals surface area contributed by atoms with Crippen LogP contribution in [0.15, 0.2) is 6.33 Å². The van der Waals surface area contributed by atoms with Crippen LogP contribution >= 0.6 is 0 Å². The highest BCUT2D eigenvalue weighted by atomic mass is 16.5. The lowest BCUT2D eigenvalue weighted by Crippen LogP contribution is -2.34. The number of rotatable bonds is 8. The predicted molar refractivity (Wildman–Crippen MR) is 90.2 cm³/mol. The van der Waals surface area contributed by atoms with Crippen LogP contribution in [-0.4, -0.2) is 60.8 Å². The molecule has 0 spiro atoms. The fourth-order valence-corrected chi connectivity index (χ4v) is 2.69. The van der Waals surface area contributed by atoms with Gasteiger partial charge in [-0.15, -0.1) is 0 Å². The van der Waals surface area contributed by atoms with Gasteiger partial charge in [0.1, 0.15) is 12.0 Å². The van der Waals surface area contributed by atoms with Gasteiger partial charge in [0.05, 0.1) is 6.61 Å². The lowest BCUT2D eigenvalue weighted by atomic mass is 10.1. The highest BCUT2D eigenvalue weighted by molar-refractivity contribution is 5.74. The quantitative estimate of drug-likeness (QED) is 0.669. The molecule has 2 heterocycles. The average Bonchev–Trinajstić information content (AvgIpc) is 2.52. The second kappa shape index (κ2) is 8.75. The number of methoxy groups -OCH3 is 1. The second-order valence-corrected chi connectivity index (χ2v) is 5.81. The molecule has 0 amide bonds. The van der Waals surface area contributed by atoms with Crippen molar-refractivity contribution in [3.63, 3.8) is 0 Å². The molecule has 0 aliphatic carbocycles. The van der Waals surface area contributed by atoms with Crippen LogP contribution in [0.5, 0.6) is 0 Å². The second-order valence-electron chi connectivity index (χ2n) is 5.81. The van der Waals surface area contributed by atoms with Crippen LogP contribution in [0.25, 0.3) is 0 Å². The zero-order valence-electron chi connectivity index (χ0n) is 13.6. The van der Waals surface area contributed by atoms with Gasteiger partial charge in [0, 0.05) is 26.2 Å². The number of nitrogens with two attached hydrogens (primary N) is 1. The summed E-state index contributed by atoms with van der Waals surface area (Å²) in [7, 11) is 1.68. The molecule has 1 aromatic rings. The topological polar surface area (TPSA) is 88.3 Å². The molecule has 1 saturated heterocycles. The van der Waals surface area contributed by atoms with E-state index in [1.54, 1.807) is 7.11 Å². The Hall–Kier alpha value is -1.60. The molecule has 124 valence electrons. The van der Waals surface area contributed by atoms with Gasteiger partial charge in [-0.05, 0) is 32.9 Å². The predicted octanol–water partition coefficient (Wildman–Crippen LogP) is 1.40. The molecule has 22 heavy (non-hydrogen) atoms. The average molecular weight is 308 g/mol. The van der Waals surface area contributed by atoms with Crippen molar-refractivity contribution in [2.24, 2.45) is 0 Å². The SMILES string of the molecule is COCC(C)Nc1ncnc(NCCN2CCCCC2)c1N. The summed E-state index contributed by atoms with van der Waals surface area (Å²) in [5.74, 6) is 1.35. The van der Waals surface area contributed by atoms with E-state index in [4.69, 9.17) is 10.5 Å². The molecule has 1 atom stereocenters. The fourth-order valence-electron chi connectivity index (χ4n) is 2.69. The maximum absolute atomic E-state index is 6.14. The Morgan fingerprint density at radius 1 is 1.27 bits per heavy atom. The lowest BCUT2D eigenvalue weighted by Gasteiger charge is -2.26.